The summed E-state index contributed by atoms with van der Waals surface area (Å²) in [6, 6.07) is 0. The van der Waals surface area contributed by atoms with E-state index in [1.54, 1.807) is 6.08 Å². The zero-order chi connectivity index (χ0) is 9.59. The average Bonchev–Trinajstić information content (AvgIpc) is 2.79. The summed E-state index contributed by atoms with van der Waals surface area (Å²) in [6.45, 7) is 0. The predicted molar refractivity (Wildman–Crippen MR) is 40.1 cm³/mol. The van der Waals surface area contributed by atoms with Gasteiger partial charge >= 0.3 is 11.9 Å². The molecule has 0 spiro atoms. The molecule has 0 amide bonds. The highest BCUT2D eigenvalue weighted by Crippen LogP contribution is 2.39. The Morgan fingerprint density at radius 1 is 1.15 bits per heavy atom. The molecule has 13 heavy (non-hydrogen) atoms. The molecule has 0 bridgehead atoms. The molecule has 0 aromatic carbocycles. The molecule has 1 saturated heterocycles. The van der Waals surface area contributed by atoms with Gasteiger partial charge in [0.05, 0.1) is 5.92 Å². The van der Waals surface area contributed by atoms with Crippen molar-refractivity contribution in [3.8, 4) is 0 Å². The fraction of sp³-hybridized carbons (Fsp3) is 0.500. The van der Waals surface area contributed by atoms with Crippen LogP contribution in [0.3, 0.4) is 0 Å². The number of carboxylic acid groups (broad SMARTS) is 2. The van der Waals surface area contributed by atoms with E-state index in [0.717, 1.165) is 0 Å². The van der Waals surface area contributed by atoms with Gasteiger partial charge in [0, 0.05) is 0 Å². The number of hydrogen-bond acceptors (Lipinski definition) is 3. The number of carboxylic acids is 2. The minimum absolute atomic E-state index is 0.184. The smallest absolute Gasteiger partial charge is 0.311 e. The largest absolute Gasteiger partial charge is 0.481 e. The van der Waals surface area contributed by atoms with E-state index in [1.165, 1.54) is 6.08 Å². The van der Waals surface area contributed by atoms with Crippen molar-refractivity contribution >= 4 is 11.9 Å². The first-order chi connectivity index (χ1) is 6.11. The molecule has 0 radical (unpaired) electrons. The van der Waals surface area contributed by atoms with E-state index >= 15 is 0 Å². The minimum atomic E-state index is -1.11. The Bertz CT molecular complexity index is 295. The second kappa shape index (κ2) is 2.56. The molecule has 1 aliphatic carbocycles. The molecular weight excluding hydrogens is 176 g/mol. The summed E-state index contributed by atoms with van der Waals surface area (Å²) in [5.74, 6) is -4.12. The van der Waals surface area contributed by atoms with Crippen LogP contribution < -0.4 is 0 Å². The molecule has 4 atom stereocenters. The first-order valence-corrected chi connectivity index (χ1v) is 3.90. The molecular formula is C8H8O5. The Morgan fingerprint density at radius 3 is 2.38 bits per heavy atom. The van der Waals surface area contributed by atoms with Gasteiger partial charge in [0.2, 0.25) is 0 Å². The molecule has 5 heteroatoms. The molecule has 0 unspecified atom stereocenters. The highest BCUT2D eigenvalue weighted by molar-refractivity contribution is 5.83. The zero-order valence-corrected chi connectivity index (χ0v) is 6.58. The lowest BCUT2D eigenvalue weighted by Crippen LogP contribution is -2.35. The molecule has 70 valence electrons. The fourth-order valence-corrected chi connectivity index (χ4v) is 1.66. The van der Waals surface area contributed by atoms with Gasteiger partial charge in [-0.3, -0.25) is 9.59 Å². The molecule has 1 fully saturated rings. The van der Waals surface area contributed by atoms with Gasteiger partial charge in [0.1, 0.15) is 18.1 Å². The van der Waals surface area contributed by atoms with E-state index in [4.69, 9.17) is 14.9 Å². The Labute approximate surface area is 73.6 Å². The Kier molecular flexibility index (Phi) is 1.63. The van der Waals surface area contributed by atoms with Crippen LogP contribution >= 0.6 is 0 Å². The summed E-state index contributed by atoms with van der Waals surface area (Å²) in [4.78, 5) is 21.4. The third-order valence-corrected chi connectivity index (χ3v) is 2.38. The summed E-state index contributed by atoms with van der Waals surface area (Å²) < 4.78 is 5.00. The minimum Gasteiger partial charge on any atom is -0.481 e. The second-order valence-corrected chi connectivity index (χ2v) is 3.18. The van der Waals surface area contributed by atoms with E-state index in [2.05, 4.69) is 0 Å². The predicted octanol–water partition coefficient (Wildman–Crippen LogP) is -0.275. The Morgan fingerprint density at radius 2 is 1.85 bits per heavy atom. The topological polar surface area (TPSA) is 87.1 Å². The molecule has 2 rings (SSSR count). The number of epoxide rings is 1. The molecule has 0 aromatic rings. The van der Waals surface area contributed by atoms with Crippen molar-refractivity contribution in [3.05, 3.63) is 12.2 Å². The van der Waals surface area contributed by atoms with Gasteiger partial charge in [-0.05, 0) is 0 Å². The lowest BCUT2D eigenvalue weighted by molar-refractivity contribution is -0.152. The van der Waals surface area contributed by atoms with Gasteiger partial charge in [0.15, 0.2) is 0 Å². The van der Waals surface area contributed by atoms with E-state index in [1.807, 2.05) is 0 Å². The van der Waals surface area contributed by atoms with Crippen molar-refractivity contribution in [1.82, 2.24) is 0 Å². The summed E-state index contributed by atoms with van der Waals surface area (Å²) in [6.07, 6.45) is 2.39. The monoisotopic (exact) mass is 184 g/mol. The maximum absolute atomic E-state index is 10.7. The van der Waals surface area contributed by atoms with Gasteiger partial charge in [-0.1, -0.05) is 12.2 Å². The second-order valence-electron chi connectivity index (χ2n) is 3.18. The summed E-state index contributed by atoms with van der Waals surface area (Å²) in [5, 5.41) is 17.5. The maximum Gasteiger partial charge on any atom is 0.311 e. The normalized spacial score (nSPS) is 40.9. The lowest BCUT2D eigenvalue weighted by atomic mass is 9.84. The van der Waals surface area contributed by atoms with Crippen LogP contribution in [0, 0.1) is 11.8 Å². The van der Waals surface area contributed by atoms with Crippen LogP contribution in [-0.4, -0.2) is 34.4 Å². The van der Waals surface area contributed by atoms with Crippen molar-refractivity contribution in [1.29, 1.82) is 0 Å². The van der Waals surface area contributed by atoms with Crippen molar-refractivity contribution in [2.75, 3.05) is 0 Å². The molecule has 2 N–H and O–H groups in total. The fourth-order valence-electron chi connectivity index (χ4n) is 1.66. The number of carbonyl (C=O) groups is 2. The van der Waals surface area contributed by atoms with Crippen LogP contribution in [0.4, 0.5) is 0 Å². The van der Waals surface area contributed by atoms with E-state index in [9.17, 15) is 9.59 Å². The van der Waals surface area contributed by atoms with Crippen LogP contribution in [0.1, 0.15) is 0 Å². The average molecular weight is 184 g/mol. The van der Waals surface area contributed by atoms with Crippen LogP contribution in [0.25, 0.3) is 0 Å². The summed E-state index contributed by atoms with van der Waals surface area (Å²) in [7, 11) is 0. The quantitative estimate of drug-likeness (QED) is 0.455. The highest BCUT2D eigenvalue weighted by Gasteiger charge is 2.54. The van der Waals surface area contributed by atoms with E-state index in [-0.39, 0.29) is 6.10 Å². The highest BCUT2D eigenvalue weighted by atomic mass is 16.6. The number of ether oxygens (including phenoxy) is 1. The van der Waals surface area contributed by atoms with Gasteiger partial charge in [-0.15, -0.1) is 0 Å². The zero-order valence-electron chi connectivity index (χ0n) is 6.58. The lowest BCUT2D eigenvalue weighted by Gasteiger charge is -2.17. The number of aliphatic carboxylic acids is 2. The third-order valence-electron chi connectivity index (χ3n) is 2.38. The molecule has 1 aliphatic heterocycles. The van der Waals surface area contributed by atoms with Gasteiger partial charge < -0.3 is 14.9 Å². The van der Waals surface area contributed by atoms with Crippen molar-refractivity contribution in [3.63, 3.8) is 0 Å². The molecule has 0 saturated carbocycles. The number of rotatable bonds is 2. The number of fused-ring (bicyclic) bond motifs is 1. The van der Waals surface area contributed by atoms with Crippen molar-refractivity contribution < 1.29 is 24.5 Å². The van der Waals surface area contributed by atoms with Gasteiger partial charge in [0.25, 0.3) is 0 Å². The first-order valence-electron chi connectivity index (χ1n) is 3.90. The standard InChI is InChI=1S/C8H8O5/c9-7(10)3-1-2-4-6(13-4)5(3)8(11)12/h1-6H,(H,9,10)(H,11,12)/t3-,4-,5+,6-/m0/s1. The molecule has 0 aromatic heterocycles. The third kappa shape index (κ3) is 1.21. The summed E-state index contributed by atoms with van der Waals surface area (Å²) >= 11 is 0. The Hall–Kier alpha value is -1.36. The van der Waals surface area contributed by atoms with E-state index < -0.39 is 29.9 Å². The van der Waals surface area contributed by atoms with E-state index in [0.29, 0.717) is 0 Å². The first kappa shape index (κ1) is 8.25. The molecule has 1 heterocycles. The Balaban J connectivity index is 2.25. The molecule has 2 aliphatic rings. The maximum atomic E-state index is 10.7. The van der Waals surface area contributed by atoms with Crippen molar-refractivity contribution in [2.45, 2.75) is 12.2 Å². The summed E-state index contributed by atoms with van der Waals surface area (Å²) in [5.41, 5.74) is 0. The molecule has 5 nitrogen and oxygen atoms in total. The number of hydrogen-bond donors (Lipinski definition) is 2. The van der Waals surface area contributed by atoms with Crippen LogP contribution in [0.2, 0.25) is 0 Å². The van der Waals surface area contributed by atoms with Crippen LogP contribution in [0.15, 0.2) is 12.2 Å². The SMILES string of the molecule is O=C(O)[C@H]1[C@H]2O[C@H]2C=C[C@@H]1C(=O)O. The van der Waals surface area contributed by atoms with Crippen molar-refractivity contribution in [2.24, 2.45) is 11.8 Å². The van der Waals surface area contributed by atoms with Crippen LogP contribution in [0.5, 0.6) is 0 Å². The van der Waals surface area contributed by atoms with Crippen LogP contribution in [-0.2, 0) is 14.3 Å². The van der Waals surface area contributed by atoms with Gasteiger partial charge in [-0.2, -0.15) is 0 Å². The van der Waals surface area contributed by atoms with Gasteiger partial charge in [-0.25, -0.2) is 0 Å².